The Kier molecular flexibility index (Phi) is 4.75. The summed E-state index contributed by atoms with van der Waals surface area (Å²) in [5, 5.41) is 19.5. The van der Waals surface area contributed by atoms with E-state index in [1.807, 2.05) is 36.4 Å². The van der Waals surface area contributed by atoms with Gasteiger partial charge in [-0.2, -0.15) is 5.26 Å². The van der Waals surface area contributed by atoms with Gasteiger partial charge >= 0.3 is 7.12 Å². The summed E-state index contributed by atoms with van der Waals surface area (Å²) in [6, 6.07) is 13.9. The smallest absolute Gasteiger partial charge is 0.454 e. The average molecular weight is 323 g/mol. The largest absolute Gasteiger partial charge is 0.493 e. The van der Waals surface area contributed by atoms with Crippen LogP contribution in [0.5, 0.6) is 11.5 Å². The van der Waals surface area contributed by atoms with Crippen LogP contribution in [0.4, 0.5) is 0 Å². The molecule has 0 bridgehead atoms. The number of hydrogen-bond acceptors (Lipinski definition) is 5. The first-order valence-electron chi connectivity index (χ1n) is 7.73. The highest BCUT2D eigenvalue weighted by molar-refractivity contribution is 6.43. The van der Waals surface area contributed by atoms with Crippen molar-refractivity contribution in [2.24, 2.45) is 0 Å². The second kappa shape index (κ2) is 6.96. The highest BCUT2D eigenvalue weighted by Crippen LogP contribution is 2.45. The summed E-state index contributed by atoms with van der Waals surface area (Å²) >= 11 is 0. The van der Waals surface area contributed by atoms with Crippen molar-refractivity contribution in [3.05, 3.63) is 47.5 Å². The van der Waals surface area contributed by atoms with Crippen LogP contribution in [0.15, 0.2) is 36.4 Å². The molecule has 1 heterocycles. The molecule has 1 aliphatic rings. The fourth-order valence-electron chi connectivity index (χ4n) is 3.21. The number of benzene rings is 2. The molecule has 1 saturated heterocycles. The fourth-order valence-corrected chi connectivity index (χ4v) is 3.21. The lowest BCUT2D eigenvalue weighted by Crippen LogP contribution is -2.09. The van der Waals surface area contributed by atoms with E-state index >= 15 is 0 Å². The first-order valence-corrected chi connectivity index (χ1v) is 7.73. The number of rotatable bonds is 4. The average Bonchev–Trinajstić information content (AvgIpc) is 3.06. The Bertz CT molecular complexity index is 773. The quantitative estimate of drug-likeness (QED) is 0.876. The topological polar surface area (TPSA) is 71.7 Å². The molecule has 0 amide bonds. The molecular weight excluding hydrogens is 305 g/mol. The van der Waals surface area contributed by atoms with Gasteiger partial charge in [0.15, 0.2) is 11.5 Å². The summed E-state index contributed by atoms with van der Waals surface area (Å²) in [4.78, 5) is 0. The van der Waals surface area contributed by atoms with E-state index in [-0.39, 0.29) is 5.92 Å². The fraction of sp³-hybridized carbons (Fsp3) is 0.278. The van der Waals surface area contributed by atoms with Crippen LogP contribution in [0.1, 0.15) is 17.0 Å². The molecular formula is C18H18BNO4. The molecule has 3 rings (SSSR count). The molecule has 24 heavy (non-hydrogen) atoms. The van der Waals surface area contributed by atoms with E-state index in [1.165, 1.54) is 7.11 Å². The molecule has 0 radical (unpaired) electrons. The highest BCUT2D eigenvalue weighted by Gasteiger charge is 2.34. The van der Waals surface area contributed by atoms with Gasteiger partial charge in [0, 0.05) is 12.5 Å². The third-order valence-electron chi connectivity index (χ3n) is 4.29. The summed E-state index contributed by atoms with van der Waals surface area (Å²) in [6.07, 6.45) is 0.448. The van der Waals surface area contributed by atoms with E-state index < -0.39 is 7.12 Å². The van der Waals surface area contributed by atoms with E-state index in [9.17, 15) is 10.3 Å². The molecule has 6 heteroatoms. The molecule has 1 aliphatic heterocycles. The predicted octanol–water partition coefficient (Wildman–Crippen LogP) is 2.84. The van der Waals surface area contributed by atoms with Crippen molar-refractivity contribution in [3.8, 4) is 28.7 Å². The Labute approximate surface area is 141 Å². The number of nitrogens with zero attached hydrogens (tertiary/aromatic N) is 1. The van der Waals surface area contributed by atoms with Crippen LogP contribution in [-0.2, 0) is 4.65 Å². The third-order valence-corrected chi connectivity index (χ3v) is 4.29. The monoisotopic (exact) mass is 323 g/mol. The third kappa shape index (κ3) is 2.84. The summed E-state index contributed by atoms with van der Waals surface area (Å²) in [7, 11) is 2.26. The van der Waals surface area contributed by atoms with Crippen molar-refractivity contribution in [1.29, 1.82) is 5.26 Å². The molecule has 1 atom stereocenters. The van der Waals surface area contributed by atoms with Crippen molar-refractivity contribution >= 4 is 7.12 Å². The summed E-state index contributed by atoms with van der Waals surface area (Å²) in [5.74, 6) is 0.844. The van der Waals surface area contributed by atoms with Crippen molar-refractivity contribution in [2.45, 2.75) is 12.2 Å². The van der Waals surface area contributed by atoms with Gasteiger partial charge in [0.25, 0.3) is 0 Å². The summed E-state index contributed by atoms with van der Waals surface area (Å²) in [6.45, 7) is 0.366. The minimum Gasteiger partial charge on any atom is -0.493 e. The maximum Gasteiger partial charge on any atom is 0.454 e. The van der Waals surface area contributed by atoms with Crippen LogP contribution in [0, 0.1) is 11.3 Å². The zero-order valence-corrected chi connectivity index (χ0v) is 13.7. The molecule has 1 N–H and O–H groups in total. The van der Waals surface area contributed by atoms with Crippen LogP contribution in [0.25, 0.3) is 11.1 Å². The SMILES string of the molecule is COc1cc(-c2ccccc2)c(C2COB(O)C2)c(C#N)c1OC. The van der Waals surface area contributed by atoms with Crippen LogP contribution < -0.4 is 9.47 Å². The lowest BCUT2D eigenvalue weighted by molar-refractivity contribution is 0.292. The molecule has 0 aliphatic carbocycles. The van der Waals surface area contributed by atoms with Crippen LogP contribution in [0.2, 0.25) is 6.32 Å². The minimum atomic E-state index is -0.807. The molecule has 122 valence electrons. The van der Waals surface area contributed by atoms with Gasteiger partial charge in [-0.25, -0.2) is 0 Å². The minimum absolute atomic E-state index is 0.0790. The van der Waals surface area contributed by atoms with Crippen molar-refractivity contribution in [1.82, 2.24) is 0 Å². The van der Waals surface area contributed by atoms with E-state index in [0.29, 0.717) is 30.0 Å². The van der Waals surface area contributed by atoms with Gasteiger partial charge in [0.1, 0.15) is 11.6 Å². The molecule has 1 fully saturated rings. The van der Waals surface area contributed by atoms with Crippen LogP contribution in [-0.4, -0.2) is 33.0 Å². The van der Waals surface area contributed by atoms with Crippen molar-refractivity contribution in [3.63, 3.8) is 0 Å². The molecule has 1 unspecified atom stereocenters. The Morgan fingerprint density at radius 1 is 1.25 bits per heavy atom. The molecule has 2 aromatic rings. The zero-order chi connectivity index (χ0) is 17.1. The van der Waals surface area contributed by atoms with Crippen LogP contribution in [0.3, 0.4) is 0 Å². The summed E-state index contributed by atoms with van der Waals surface area (Å²) < 4.78 is 16.2. The highest BCUT2D eigenvalue weighted by atomic mass is 16.5. The number of ether oxygens (including phenoxy) is 2. The predicted molar refractivity (Wildman–Crippen MR) is 91.2 cm³/mol. The molecule has 0 spiro atoms. The number of nitriles is 1. The Balaban J connectivity index is 2.28. The van der Waals surface area contributed by atoms with Crippen molar-refractivity contribution < 1.29 is 19.2 Å². The van der Waals surface area contributed by atoms with E-state index in [4.69, 9.17) is 14.1 Å². The van der Waals surface area contributed by atoms with Crippen molar-refractivity contribution in [2.75, 3.05) is 20.8 Å². The van der Waals surface area contributed by atoms with Gasteiger partial charge < -0.3 is 19.2 Å². The lowest BCUT2D eigenvalue weighted by atomic mass is 9.76. The van der Waals surface area contributed by atoms with Gasteiger partial charge in [-0.1, -0.05) is 30.3 Å². The molecule has 0 aromatic heterocycles. The molecule has 5 nitrogen and oxygen atoms in total. The number of hydrogen-bond donors (Lipinski definition) is 1. The van der Waals surface area contributed by atoms with E-state index in [1.54, 1.807) is 7.11 Å². The van der Waals surface area contributed by atoms with Gasteiger partial charge in [0.05, 0.1) is 14.2 Å². The maximum atomic E-state index is 9.76. The Morgan fingerprint density at radius 2 is 2.00 bits per heavy atom. The first-order chi connectivity index (χ1) is 11.7. The summed E-state index contributed by atoms with van der Waals surface area (Å²) in [5.41, 5.74) is 3.13. The van der Waals surface area contributed by atoms with E-state index in [0.717, 1.165) is 16.7 Å². The van der Waals surface area contributed by atoms with Gasteiger partial charge in [-0.05, 0) is 29.1 Å². The standard InChI is InChI=1S/C18H18BNO4/c1-22-16-8-14(12-6-4-3-5-7-12)17(13-9-19(21)24-11-13)15(10-20)18(16)23-2/h3-8,13,21H,9,11H2,1-2H3. The normalized spacial score (nSPS) is 16.8. The second-order valence-electron chi connectivity index (χ2n) is 5.65. The zero-order valence-electron chi connectivity index (χ0n) is 13.7. The molecule has 2 aromatic carbocycles. The molecule has 0 saturated carbocycles. The van der Waals surface area contributed by atoms with Gasteiger partial charge in [0.2, 0.25) is 0 Å². The van der Waals surface area contributed by atoms with Crippen LogP contribution >= 0.6 is 0 Å². The van der Waals surface area contributed by atoms with Gasteiger partial charge in [-0.15, -0.1) is 0 Å². The Hall–Kier alpha value is -2.49. The number of methoxy groups -OCH3 is 2. The maximum absolute atomic E-state index is 9.76. The first kappa shape index (κ1) is 16.4. The van der Waals surface area contributed by atoms with E-state index in [2.05, 4.69) is 6.07 Å². The lowest BCUT2D eigenvalue weighted by Gasteiger charge is -2.21. The Morgan fingerprint density at radius 3 is 2.54 bits per heavy atom. The van der Waals surface area contributed by atoms with Gasteiger partial charge in [-0.3, -0.25) is 0 Å². The second-order valence-corrected chi connectivity index (χ2v) is 5.65.